The number of aliphatic hydroxyl groups is 1. The second kappa shape index (κ2) is 5.82. The summed E-state index contributed by atoms with van der Waals surface area (Å²) >= 11 is 0. The standard InChI is InChI=1S/C14H18NO2/c16-13-9-5-4-8-12(13)10-15-14(17)11-6-2-1-3-7-11/h1-3,6,12-13,16H,4-5,8-10H2,(H,15,17)/t12-,13+/m0/s1. The molecule has 2 atom stereocenters. The number of rotatable bonds is 3. The molecule has 91 valence electrons. The van der Waals surface area contributed by atoms with Crippen molar-refractivity contribution < 1.29 is 9.90 Å². The number of carbonyl (C=O) groups excluding carboxylic acids is 1. The Bertz CT molecular complexity index is 364. The van der Waals surface area contributed by atoms with Crippen LogP contribution in [-0.2, 0) is 0 Å². The molecule has 2 rings (SSSR count). The van der Waals surface area contributed by atoms with Crippen LogP contribution in [0.15, 0.2) is 24.3 Å². The van der Waals surface area contributed by atoms with Gasteiger partial charge >= 0.3 is 0 Å². The molecule has 2 N–H and O–H groups in total. The molecule has 1 radical (unpaired) electrons. The fourth-order valence-corrected chi connectivity index (χ4v) is 2.28. The Kier molecular flexibility index (Phi) is 4.15. The molecule has 1 aliphatic rings. The average Bonchev–Trinajstić information content (AvgIpc) is 2.38. The van der Waals surface area contributed by atoms with Gasteiger partial charge in [-0.3, -0.25) is 4.79 Å². The van der Waals surface area contributed by atoms with Crippen molar-refractivity contribution in [2.24, 2.45) is 5.92 Å². The summed E-state index contributed by atoms with van der Waals surface area (Å²) in [6, 6.07) is 10.0. The lowest BCUT2D eigenvalue weighted by Gasteiger charge is -2.27. The zero-order valence-electron chi connectivity index (χ0n) is 9.86. The van der Waals surface area contributed by atoms with Crippen molar-refractivity contribution in [2.45, 2.75) is 31.8 Å². The summed E-state index contributed by atoms with van der Waals surface area (Å²) in [5.74, 6) is 0.0970. The molecule has 3 heteroatoms. The van der Waals surface area contributed by atoms with Crippen LogP contribution in [0.25, 0.3) is 0 Å². The molecule has 1 aromatic rings. The van der Waals surface area contributed by atoms with Gasteiger partial charge in [0.25, 0.3) is 5.91 Å². The smallest absolute Gasteiger partial charge is 0.251 e. The maximum atomic E-state index is 11.8. The third-order valence-corrected chi connectivity index (χ3v) is 3.35. The van der Waals surface area contributed by atoms with Gasteiger partial charge in [-0.2, -0.15) is 0 Å². The van der Waals surface area contributed by atoms with Crippen LogP contribution in [0, 0.1) is 12.0 Å². The van der Waals surface area contributed by atoms with E-state index in [1.165, 1.54) is 0 Å². The fraction of sp³-hybridized carbons (Fsp3) is 0.500. The highest BCUT2D eigenvalue weighted by atomic mass is 16.3. The number of nitrogens with one attached hydrogen (secondary N) is 1. The first-order valence-electron chi connectivity index (χ1n) is 6.20. The summed E-state index contributed by atoms with van der Waals surface area (Å²) in [6.45, 7) is 0.558. The van der Waals surface area contributed by atoms with Crippen molar-refractivity contribution in [3.8, 4) is 0 Å². The molecule has 1 saturated carbocycles. The minimum Gasteiger partial charge on any atom is -0.393 e. The minimum atomic E-state index is -0.260. The van der Waals surface area contributed by atoms with Gasteiger partial charge in [0.15, 0.2) is 0 Å². The highest BCUT2D eigenvalue weighted by Gasteiger charge is 2.23. The molecule has 0 aromatic heterocycles. The third-order valence-electron chi connectivity index (χ3n) is 3.35. The average molecular weight is 232 g/mol. The molecule has 1 fully saturated rings. The predicted octanol–water partition coefficient (Wildman–Crippen LogP) is 1.77. The molecule has 3 nitrogen and oxygen atoms in total. The molecule has 0 spiro atoms. The molecule has 0 unspecified atom stereocenters. The van der Waals surface area contributed by atoms with Gasteiger partial charge in [0.1, 0.15) is 0 Å². The van der Waals surface area contributed by atoms with Crippen LogP contribution >= 0.6 is 0 Å². The van der Waals surface area contributed by atoms with Crippen LogP contribution in [0.1, 0.15) is 36.0 Å². The second-order valence-corrected chi connectivity index (χ2v) is 4.60. The van der Waals surface area contributed by atoms with Crippen LogP contribution in [0.2, 0.25) is 0 Å². The second-order valence-electron chi connectivity index (χ2n) is 4.60. The Morgan fingerprint density at radius 1 is 1.41 bits per heavy atom. The Morgan fingerprint density at radius 3 is 2.94 bits per heavy atom. The summed E-state index contributed by atoms with van der Waals surface area (Å²) in [4.78, 5) is 11.8. The third kappa shape index (κ3) is 3.30. The topological polar surface area (TPSA) is 49.3 Å². The highest BCUT2D eigenvalue weighted by molar-refractivity contribution is 5.93. The van der Waals surface area contributed by atoms with E-state index in [4.69, 9.17) is 0 Å². The van der Waals surface area contributed by atoms with Crippen LogP contribution in [0.3, 0.4) is 0 Å². The molecule has 1 amide bonds. The number of aliphatic hydroxyl groups excluding tert-OH is 1. The first-order chi connectivity index (χ1) is 8.27. The van der Waals surface area contributed by atoms with E-state index in [1.54, 1.807) is 12.1 Å². The van der Waals surface area contributed by atoms with Crippen molar-refractivity contribution in [1.29, 1.82) is 0 Å². The Hall–Kier alpha value is -1.35. The summed E-state index contributed by atoms with van der Waals surface area (Å²) < 4.78 is 0. The van der Waals surface area contributed by atoms with Gasteiger partial charge in [-0.1, -0.05) is 31.0 Å². The van der Waals surface area contributed by atoms with E-state index < -0.39 is 0 Å². The number of benzene rings is 1. The lowest BCUT2D eigenvalue weighted by molar-refractivity contribution is 0.0663. The molecule has 1 aromatic carbocycles. The number of hydrogen-bond acceptors (Lipinski definition) is 2. The van der Waals surface area contributed by atoms with Gasteiger partial charge in [0, 0.05) is 18.0 Å². The normalized spacial score (nSPS) is 24.3. The largest absolute Gasteiger partial charge is 0.393 e. The Morgan fingerprint density at radius 2 is 2.24 bits per heavy atom. The van der Waals surface area contributed by atoms with E-state index >= 15 is 0 Å². The molecule has 0 bridgehead atoms. The number of carbonyl (C=O) groups is 1. The first kappa shape index (κ1) is 12.1. The SMILES string of the molecule is O=C(NC[C@@H]1CCCC[C@H]1O)c1[c]cccc1. The maximum Gasteiger partial charge on any atom is 0.251 e. The molecule has 0 aliphatic heterocycles. The van der Waals surface area contributed by atoms with Gasteiger partial charge in [-0.25, -0.2) is 0 Å². The van der Waals surface area contributed by atoms with Crippen molar-refractivity contribution in [1.82, 2.24) is 5.32 Å². The van der Waals surface area contributed by atoms with E-state index in [0.29, 0.717) is 12.1 Å². The van der Waals surface area contributed by atoms with Gasteiger partial charge < -0.3 is 10.4 Å². The molecule has 0 heterocycles. The number of amides is 1. The van der Waals surface area contributed by atoms with Crippen molar-refractivity contribution >= 4 is 5.91 Å². The Labute approximate surface area is 102 Å². The van der Waals surface area contributed by atoms with Gasteiger partial charge in [-0.15, -0.1) is 0 Å². The first-order valence-corrected chi connectivity index (χ1v) is 6.20. The quantitative estimate of drug-likeness (QED) is 0.834. The van der Waals surface area contributed by atoms with Gasteiger partial charge in [0.05, 0.1) is 6.10 Å². The minimum absolute atomic E-state index is 0.108. The van der Waals surface area contributed by atoms with Crippen molar-refractivity contribution in [3.63, 3.8) is 0 Å². The van der Waals surface area contributed by atoms with Crippen LogP contribution in [0.5, 0.6) is 0 Å². The van der Waals surface area contributed by atoms with Gasteiger partial charge in [-0.05, 0) is 25.0 Å². The lowest BCUT2D eigenvalue weighted by atomic mass is 9.86. The van der Waals surface area contributed by atoms with Crippen LogP contribution < -0.4 is 5.32 Å². The van der Waals surface area contributed by atoms with E-state index in [0.717, 1.165) is 25.7 Å². The maximum absolute atomic E-state index is 11.8. The molecular formula is C14H18NO2. The summed E-state index contributed by atoms with van der Waals surface area (Å²) in [7, 11) is 0. The highest BCUT2D eigenvalue weighted by Crippen LogP contribution is 2.23. The molecule has 0 saturated heterocycles. The lowest BCUT2D eigenvalue weighted by Crippen LogP contribution is -2.36. The summed E-state index contributed by atoms with van der Waals surface area (Å²) in [5.41, 5.74) is 0.554. The predicted molar refractivity (Wildman–Crippen MR) is 65.6 cm³/mol. The molecular weight excluding hydrogens is 214 g/mol. The van der Waals surface area contributed by atoms with E-state index in [-0.39, 0.29) is 17.9 Å². The summed E-state index contributed by atoms with van der Waals surface area (Å²) in [5, 5.41) is 12.7. The molecule has 17 heavy (non-hydrogen) atoms. The van der Waals surface area contributed by atoms with Gasteiger partial charge in [0.2, 0.25) is 0 Å². The Balaban J connectivity index is 1.84. The fourth-order valence-electron chi connectivity index (χ4n) is 2.28. The molecule has 1 aliphatic carbocycles. The van der Waals surface area contributed by atoms with Crippen LogP contribution in [-0.4, -0.2) is 23.7 Å². The summed E-state index contributed by atoms with van der Waals surface area (Å²) in [6.07, 6.45) is 3.84. The monoisotopic (exact) mass is 232 g/mol. The zero-order chi connectivity index (χ0) is 12.1. The zero-order valence-corrected chi connectivity index (χ0v) is 9.86. The van der Waals surface area contributed by atoms with Crippen molar-refractivity contribution in [2.75, 3.05) is 6.54 Å². The number of hydrogen-bond donors (Lipinski definition) is 2. The van der Waals surface area contributed by atoms with E-state index in [1.807, 2.05) is 12.1 Å². The van der Waals surface area contributed by atoms with Crippen LogP contribution in [0.4, 0.5) is 0 Å². The van der Waals surface area contributed by atoms with E-state index in [2.05, 4.69) is 11.4 Å². The van der Waals surface area contributed by atoms with E-state index in [9.17, 15) is 9.90 Å². The van der Waals surface area contributed by atoms with Crippen molar-refractivity contribution in [3.05, 3.63) is 35.9 Å².